The third-order valence-corrected chi connectivity index (χ3v) is 3.15. The van der Waals surface area contributed by atoms with E-state index in [2.05, 4.69) is 5.32 Å². The molecule has 1 aliphatic rings. The van der Waals surface area contributed by atoms with Crippen molar-refractivity contribution in [3.63, 3.8) is 0 Å². The largest absolute Gasteiger partial charge is 0.481 e. The first-order valence-electron chi connectivity index (χ1n) is 5.94. The maximum atomic E-state index is 13.5. The molecule has 0 aliphatic heterocycles. The van der Waals surface area contributed by atoms with Gasteiger partial charge < -0.3 is 10.4 Å². The van der Waals surface area contributed by atoms with E-state index in [1.165, 1.54) is 12.1 Å². The Kier molecular flexibility index (Phi) is 3.78. The molecule has 0 spiro atoms. The van der Waals surface area contributed by atoms with E-state index in [9.17, 15) is 18.4 Å². The normalized spacial score (nSPS) is 20.9. The van der Waals surface area contributed by atoms with Crippen LogP contribution in [0.25, 0.3) is 0 Å². The summed E-state index contributed by atoms with van der Waals surface area (Å²) >= 11 is 0. The van der Waals surface area contributed by atoms with Gasteiger partial charge in [0.2, 0.25) is 5.91 Å². The molecule has 0 radical (unpaired) electrons. The van der Waals surface area contributed by atoms with E-state index in [-0.39, 0.29) is 30.4 Å². The molecule has 0 saturated heterocycles. The first-order chi connectivity index (χ1) is 9.00. The van der Waals surface area contributed by atoms with E-state index in [4.69, 9.17) is 5.11 Å². The number of hydrogen-bond donors (Lipinski definition) is 2. The van der Waals surface area contributed by atoms with Gasteiger partial charge in [0.1, 0.15) is 0 Å². The summed E-state index contributed by atoms with van der Waals surface area (Å²) in [5.74, 6) is -3.85. The lowest BCUT2D eigenvalue weighted by Gasteiger charge is -2.04. The quantitative estimate of drug-likeness (QED) is 0.854. The van der Waals surface area contributed by atoms with Crippen LogP contribution in [0.5, 0.6) is 0 Å². The van der Waals surface area contributed by atoms with Crippen LogP contribution in [-0.2, 0) is 9.59 Å². The molecule has 0 aromatic heterocycles. The third-order valence-electron chi connectivity index (χ3n) is 3.15. The number of amides is 1. The predicted octanol–water partition coefficient (Wildman–Crippen LogP) is 1.66. The van der Waals surface area contributed by atoms with Crippen LogP contribution in [0.4, 0.5) is 8.78 Å². The van der Waals surface area contributed by atoms with Crippen molar-refractivity contribution in [2.75, 3.05) is 6.54 Å². The van der Waals surface area contributed by atoms with E-state index >= 15 is 0 Å². The molecule has 1 aliphatic carbocycles. The molecule has 0 unspecified atom stereocenters. The highest BCUT2D eigenvalue weighted by Gasteiger charge is 2.45. The van der Waals surface area contributed by atoms with Gasteiger partial charge in [0.15, 0.2) is 11.6 Å². The highest BCUT2D eigenvalue weighted by Crippen LogP contribution is 2.48. The van der Waals surface area contributed by atoms with Gasteiger partial charge in [-0.3, -0.25) is 9.59 Å². The SMILES string of the molecule is O=C(O)CCNC(=O)[C@H]1C[C@H]1c1cccc(F)c1F. The monoisotopic (exact) mass is 269 g/mol. The Balaban J connectivity index is 1.91. The molecule has 2 N–H and O–H groups in total. The summed E-state index contributed by atoms with van der Waals surface area (Å²) in [5.41, 5.74) is 0.207. The summed E-state index contributed by atoms with van der Waals surface area (Å²) < 4.78 is 26.5. The number of carbonyl (C=O) groups is 2. The Bertz CT molecular complexity index is 519. The number of benzene rings is 1. The number of carbonyl (C=O) groups excluding carboxylic acids is 1. The molecule has 1 amide bonds. The van der Waals surface area contributed by atoms with E-state index in [1.807, 2.05) is 0 Å². The standard InChI is InChI=1S/C13H13F2NO3/c14-10-3-1-2-7(12(10)15)8-6-9(8)13(19)16-5-4-11(17)18/h1-3,8-9H,4-6H2,(H,16,19)(H,17,18)/t8-,9-/m0/s1. The Morgan fingerprint density at radius 3 is 2.79 bits per heavy atom. The number of carboxylic acids is 1. The first-order valence-corrected chi connectivity index (χ1v) is 5.94. The van der Waals surface area contributed by atoms with Gasteiger partial charge in [-0.1, -0.05) is 12.1 Å². The second-order valence-electron chi connectivity index (χ2n) is 4.53. The minimum absolute atomic E-state index is 0.0447. The zero-order valence-corrected chi connectivity index (χ0v) is 10.0. The Hall–Kier alpha value is -1.98. The van der Waals surface area contributed by atoms with Crippen molar-refractivity contribution in [3.8, 4) is 0 Å². The van der Waals surface area contributed by atoms with Crippen molar-refractivity contribution < 1.29 is 23.5 Å². The number of hydrogen-bond acceptors (Lipinski definition) is 2. The van der Waals surface area contributed by atoms with Crippen LogP contribution in [0.3, 0.4) is 0 Å². The van der Waals surface area contributed by atoms with Gasteiger partial charge in [0, 0.05) is 12.5 Å². The highest BCUT2D eigenvalue weighted by atomic mass is 19.2. The minimum atomic E-state index is -0.996. The van der Waals surface area contributed by atoms with Crippen molar-refractivity contribution in [1.82, 2.24) is 5.32 Å². The molecule has 6 heteroatoms. The van der Waals surface area contributed by atoms with Crippen LogP contribution >= 0.6 is 0 Å². The summed E-state index contributed by atoms with van der Waals surface area (Å²) in [6, 6.07) is 3.90. The van der Waals surface area contributed by atoms with Crippen LogP contribution < -0.4 is 5.32 Å². The Labute approximate surface area is 108 Å². The zero-order valence-electron chi connectivity index (χ0n) is 10.0. The molecule has 102 valence electrons. The predicted molar refractivity (Wildman–Crippen MR) is 62.5 cm³/mol. The van der Waals surface area contributed by atoms with E-state index in [1.54, 1.807) is 0 Å². The van der Waals surface area contributed by atoms with Crippen LogP contribution in [-0.4, -0.2) is 23.5 Å². The second kappa shape index (κ2) is 5.34. The van der Waals surface area contributed by atoms with Crippen molar-refractivity contribution in [1.29, 1.82) is 0 Å². The van der Waals surface area contributed by atoms with Crippen LogP contribution in [0, 0.1) is 17.6 Å². The molecular formula is C13H13F2NO3. The zero-order chi connectivity index (χ0) is 14.0. The van der Waals surface area contributed by atoms with Gasteiger partial charge in [0.25, 0.3) is 0 Å². The van der Waals surface area contributed by atoms with Crippen LogP contribution in [0.1, 0.15) is 24.3 Å². The summed E-state index contributed by atoms with van der Waals surface area (Å²) in [6.07, 6.45) is 0.302. The molecule has 2 rings (SSSR count). The molecule has 19 heavy (non-hydrogen) atoms. The van der Waals surface area contributed by atoms with Gasteiger partial charge in [-0.05, 0) is 24.0 Å². The molecule has 4 nitrogen and oxygen atoms in total. The molecular weight excluding hydrogens is 256 g/mol. The molecule has 1 aromatic carbocycles. The molecule has 1 aromatic rings. The van der Waals surface area contributed by atoms with Crippen molar-refractivity contribution in [2.45, 2.75) is 18.8 Å². The number of aliphatic carboxylic acids is 1. The topological polar surface area (TPSA) is 66.4 Å². The van der Waals surface area contributed by atoms with E-state index in [0.717, 1.165) is 6.07 Å². The average Bonchev–Trinajstić information content (AvgIpc) is 3.12. The second-order valence-corrected chi connectivity index (χ2v) is 4.53. The molecule has 0 bridgehead atoms. The fraction of sp³-hybridized carbons (Fsp3) is 0.385. The maximum absolute atomic E-state index is 13.5. The van der Waals surface area contributed by atoms with Gasteiger partial charge in [-0.15, -0.1) is 0 Å². The number of rotatable bonds is 5. The number of nitrogens with one attached hydrogen (secondary N) is 1. The maximum Gasteiger partial charge on any atom is 0.305 e. The van der Waals surface area contributed by atoms with Crippen LogP contribution in [0.2, 0.25) is 0 Å². The van der Waals surface area contributed by atoms with E-state index < -0.39 is 23.5 Å². The Morgan fingerprint density at radius 2 is 2.11 bits per heavy atom. The fourth-order valence-electron chi connectivity index (χ4n) is 2.06. The molecule has 0 heterocycles. The Morgan fingerprint density at radius 1 is 1.37 bits per heavy atom. The molecule has 1 saturated carbocycles. The summed E-state index contributed by atoms with van der Waals surface area (Å²) in [5, 5.41) is 10.9. The van der Waals surface area contributed by atoms with Gasteiger partial charge in [0.05, 0.1) is 6.42 Å². The highest BCUT2D eigenvalue weighted by molar-refractivity contribution is 5.83. The summed E-state index contributed by atoms with van der Waals surface area (Å²) in [7, 11) is 0. The summed E-state index contributed by atoms with van der Waals surface area (Å²) in [4.78, 5) is 21.9. The number of halogens is 2. The van der Waals surface area contributed by atoms with Gasteiger partial charge in [-0.2, -0.15) is 0 Å². The van der Waals surface area contributed by atoms with E-state index in [0.29, 0.717) is 6.42 Å². The van der Waals surface area contributed by atoms with Crippen molar-refractivity contribution in [2.24, 2.45) is 5.92 Å². The molecule has 2 atom stereocenters. The average molecular weight is 269 g/mol. The van der Waals surface area contributed by atoms with Crippen molar-refractivity contribution in [3.05, 3.63) is 35.4 Å². The first kappa shape index (κ1) is 13.5. The lowest BCUT2D eigenvalue weighted by molar-refractivity contribution is -0.136. The van der Waals surface area contributed by atoms with Crippen molar-refractivity contribution >= 4 is 11.9 Å². The number of carboxylic acid groups (broad SMARTS) is 1. The molecule has 1 fully saturated rings. The summed E-state index contributed by atoms with van der Waals surface area (Å²) in [6.45, 7) is 0.0447. The minimum Gasteiger partial charge on any atom is -0.481 e. The van der Waals surface area contributed by atoms with Gasteiger partial charge in [-0.25, -0.2) is 8.78 Å². The fourth-order valence-corrected chi connectivity index (χ4v) is 2.06. The smallest absolute Gasteiger partial charge is 0.305 e. The third kappa shape index (κ3) is 3.07. The lowest BCUT2D eigenvalue weighted by Crippen LogP contribution is -2.27. The lowest BCUT2D eigenvalue weighted by atomic mass is 10.1. The van der Waals surface area contributed by atoms with Gasteiger partial charge >= 0.3 is 5.97 Å². The van der Waals surface area contributed by atoms with Crippen LogP contribution in [0.15, 0.2) is 18.2 Å².